The van der Waals surface area contributed by atoms with Crippen molar-refractivity contribution in [2.45, 2.75) is 33.6 Å². The number of benzene rings is 1. The number of nitrogens with zero attached hydrogens (tertiary/aromatic N) is 3. The Morgan fingerprint density at radius 2 is 1.97 bits per heavy atom. The van der Waals surface area contributed by atoms with Crippen molar-refractivity contribution in [2.75, 3.05) is 6.54 Å². The van der Waals surface area contributed by atoms with Crippen LogP contribution in [0.25, 0.3) is 22.7 Å². The quantitative estimate of drug-likeness (QED) is 0.263. The van der Waals surface area contributed by atoms with Gasteiger partial charge in [0.1, 0.15) is 17.1 Å². The van der Waals surface area contributed by atoms with Gasteiger partial charge in [-0.05, 0) is 24.5 Å². The first-order valence-electron chi connectivity index (χ1n) is 9.22. The van der Waals surface area contributed by atoms with Crippen molar-refractivity contribution in [3.8, 4) is 34.2 Å². The van der Waals surface area contributed by atoms with E-state index in [-0.39, 0.29) is 82.7 Å². The summed E-state index contributed by atoms with van der Waals surface area (Å²) in [5.41, 5.74) is 0.363. The van der Waals surface area contributed by atoms with Crippen LogP contribution >= 0.6 is 7.82 Å². The molecule has 0 unspecified atom stereocenters. The summed E-state index contributed by atoms with van der Waals surface area (Å²) in [4.78, 5) is 35.3. The summed E-state index contributed by atoms with van der Waals surface area (Å²) in [6.07, 6.45) is 0. The first kappa shape index (κ1) is 26.0. The Kier molecular flexibility index (Phi) is 8.27. The predicted octanol–water partition coefficient (Wildman–Crippen LogP) is -0.133. The van der Waals surface area contributed by atoms with Gasteiger partial charge in [-0.15, -0.1) is 0 Å². The summed E-state index contributed by atoms with van der Waals surface area (Å²) in [6, 6.07) is 2.49. The molecule has 0 bridgehead atoms. The molecule has 3 aromatic rings. The van der Waals surface area contributed by atoms with E-state index in [4.69, 9.17) is 13.6 Å². The van der Waals surface area contributed by atoms with Crippen LogP contribution in [-0.4, -0.2) is 42.6 Å². The molecular formula is C18H22N4NaO8P. The second-order valence-corrected chi connectivity index (χ2v) is 8.04. The van der Waals surface area contributed by atoms with Crippen molar-refractivity contribution in [2.24, 2.45) is 0 Å². The molecule has 0 radical (unpaired) electrons. The third-order valence-electron chi connectivity index (χ3n) is 4.21. The number of phenols is 1. The summed E-state index contributed by atoms with van der Waals surface area (Å²) in [7, 11) is -5.00. The zero-order chi connectivity index (χ0) is 22.9. The van der Waals surface area contributed by atoms with Crippen molar-refractivity contribution in [3.63, 3.8) is 0 Å². The van der Waals surface area contributed by atoms with Crippen molar-refractivity contribution >= 4 is 13.7 Å². The van der Waals surface area contributed by atoms with E-state index < -0.39 is 13.7 Å². The largest absolute Gasteiger partial charge is 1.00 e. The summed E-state index contributed by atoms with van der Waals surface area (Å²) < 4.78 is 26.7. The van der Waals surface area contributed by atoms with E-state index in [1.807, 2.05) is 13.8 Å². The molecule has 0 aliphatic rings. The van der Waals surface area contributed by atoms with Gasteiger partial charge in [0.25, 0.3) is 5.91 Å². The molecule has 0 atom stereocenters. The van der Waals surface area contributed by atoms with Crippen molar-refractivity contribution in [1.29, 1.82) is 0 Å². The molecule has 0 aliphatic carbocycles. The zero-order valence-electron chi connectivity index (χ0n) is 19.1. The average molecular weight is 476 g/mol. The van der Waals surface area contributed by atoms with Crippen LogP contribution in [0, 0.1) is 6.92 Å². The molecule has 1 aromatic carbocycles. The number of aromatic nitrogens is 3. The number of hydrogen-bond donors (Lipinski definition) is 4. The average Bonchev–Trinajstić information content (AvgIpc) is 3.26. The molecule has 12 nitrogen and oxygen atoms in total. The maximum absolute atomic E-state index is 12.5. The standard InChI is InChI=1S/C18H21N4O8P.Na.H/c1-5-19-18(24)15-14(17-20-9(4)28-22-17)16(29-21-15)11-6-10(8(2)3)12(23)7-13(11)30-31(25,26)27;;/h6-8,23H,5H2,1-4H3,(H,19,24)(H2,25,26,27);;/q;+1;-1. The maximum Gasteiger partial charge on any atom is 1.00 e. The summed E-state index contributed by atoms with van der Waals surface area (Å²) in [5, 5.41) is 20.5. The number of aryl methyl sites for hydroxylation is 1. The Labute approximate surface area is 206 Å². The molecule has 0 fully saturated rings. The van der Waals surface area contributed by atoms with Gasteiger partial charge >= 0.3 is 37.4 Å². The van der Waals surface area contributed by atoms with Crippen LogP contribution in [-0.2, 0) is 4.57 Å². The molecule has 4 N–H and O–H groups in total. The topological polar surface area (TPSA) is 181 Å². The van der Waals surface area contributed by atoms with Gasteiger partial charge in [0.15, 0.2) is 11.5 Å². The van der Waals surface area contributed by atoms with Gasteiger partial charge in [-0.25, -0.2) is 4.57 Å². The van der Waals surface area contributed by atoms with Crippen LogP contribution in [0.1, 0.15) is 50.1 Å². The molecule has 2 aromatic heterocycles. The number of rotatable bonds is 7. The van der Waals surface area contributed by atoms with E-state index in [2.05, 4.69) is 20.6 Å². The molecule has 14 heteroatoms. The van der Waals surface area contributed by atoms with Crippen LogP contribution in [0.15, 0.2) is 21.2 Å². The van der Waals surface area contributed by atoms with Gasteiger partial charge in [0.05, 0.1) is 5.56 Å². The van der Waals surface area contributed by atoms with Gasteiger partial charge < -0.3 is 25.4 Å². The fourth-order valence-electron chi connectivity index (χ4n) is 2.91. The fourth-order valence-corrected chi connectivity index (χ4v) is 3.32. The van der Waals surface area contributed by atoms with Crippen LogP contribution in [0.4, 0.5) is 0 Å². The Morgan fingerprint density at radius 3 is 2.50 bits per heavy atom. The van der Waals surface area contributed by atoms with Crippen LogP contribution in [0.2, 0.25) is 0 Å². The number of phenolic OH excluding ortho intramolecular Hbond substituents is 1. The number of aromatic hydroxyl groups is 1. The Bertz CT molecular complexity index is 1180. The minimum absolute atomic E-state index is 0. The number of nitrogens with one attached hydrogen (secondary N) is 1. The molecule has 1 amide bonds. The smallest absolute Gasteiger partial charge is 1.00 e. The van der Waals surface area contributed by atoms with Gasteiger partial charge in [-0.1, -0.05) is 24.2 Å². The van der Waals surface area contributed by atoms with E-state index in [9.17, 15) is 24.3 Å². The Balaban J connectivity index is 0.00000272. The number of carbonyl (C=O) groups is 1. The number of phosphoric ester groups is 1. The second kappa shape index (κ2) is 10.2. The molecule has 32 heavy (non-hydrogen) atoms. The van der Waals surface area contributed by atoms with Gasteiger partial charge in [-0.2, -0.15) is 4.98 Å². The number of phosphoric acid groups is 1. The van der Waals surface area contributed by atoms with Crippen LogP contribution in [0.3, 0.4) is 0 Å². The van der Waals surface area contributed by atoms with E-state index in [1.165, 1.54) is 6.07 Å². The third kappa shape index (κ3) is 5.58. The minimum Gasteiger partial charge on any atom is -1.00 e. The van der Waals surface area contributed by atoms with E-state index in [0.717, 1.165) is 6.07 Å². The second-order valence-electron chi connectivity index (χ2n) is 6.88. The SMILES string of the molecule is CCNC(=O)c1noc(-c2cc(C(C)C)c(O)cc2OP(=O)(O)O)c1-c1noc(C)n1.[H-].[Na+]. The third-order valence-corrected chi connectivity index (χ3v) is 4.64. The summed E-state index contributed by atoms with van der Waals surface area (Å²) >= 11 is 0. The predicted molar refractivity (Wildman–Crippen MR) is 108 cm³/mol. The minimum atomic E-state index is -5.00. The van der Waals surface area contributed by atoms with Crippen LogP contribution in [0.5, 0.6) is 11.5 Å². The molecule has 0 saturated heterocycles. The summed E-state index contributed by atoms with van der Waals surface area (Å²) in [5.74, 6) is -1.24. The van der Waals surface area contributed by atoms with E-state index in [0.29, 0.717) is 12.1 Å². The molecule has 2 heterocycles. The van der Waals surface area contributed by atoms with Crippen molar-refractivity contribution in [3.05, 3.63) is 29.3 Å². The molecule has 0 saturated carbocycles. The zero-order valence-corrected chi connectivity index (χ0v) is 21.0. The number of carbonyl (C=O) groups excluding carboxylic acids is 1. The van der Waals surface area contributed by atoms with Gasteiger partial charge in [0, 0.05) is 19.5 Å². The fraction of sp³-hybridized carbons (Fsp3) is 0.333. The van der Waals surface area contributed by atoms with E-state index in [1.54, 1.807) is 13.8 Å². The Hall–Kier alpha value is -2.21. The molecular weight excluding hydrogens is 454 g/mol. The number of hydrogen-bond acceptors (Lipinski definition) is 9. The number of amides is 1. The van der Waals surface area contributed by atoms with Crippen molar-refractivity contribution < 1.29 is 68.8 Å². The molecule has 168 valence electrons. The van der Waals surface area contributed by atoms with Crippen LogP contribution < -0.4 is 39.4 Å². The van der Waals surface area contributed by atoms with E-state index >= 15 is 0 Å². The summed E-state index contributed by atoms with van der Waals surface area (Å²) in [6.45, 7) is 7.21. The molecule has 3 rings (SSSR count). The Morgan fingerprint density at radius 1 is 1.28 bits per heavy atom. The first-order valence-corrected chi connectivity index (χ1v) is 10.8. The molecule has 0 spiro atoms. The monoisotopic (exact) mass is 476 g/mol. The van der Waals surface area contributed by atoms with Crippen molar-refractivity contribution in [1.82, 2.24) is 20.6 Å². The van der Waals surface area contributed by atoms with Gasteiger partial charge in [-0.3, -0.25) is 14.6 Å². The van der Waals surface area contributed by atoms with Gasteiger partial charge in [0.2, 0.25) is 11.7 Å². The molecule has 0 aliphatic heterocycles. The first-order chi connectivity index (χ1) is 14.5. The maximum atomic E-state index is 12.5. The normalized spacial score (nSPS) is 11.3.